The van der Waals surface area contributed by atoms with Crippen LogP contribution in [-0.2, 0) is 10.0 Å². The van der Waals surface area contributed by atoms with Crippen LogP contribution in [0, 0.1) is 0 Å². The first-order valence-corrected chi connectivity index (χ1v) is 7.84. The van der Waals surface area contributed by atoms with Crippen molar-refractivity contribution < 1.29 is 13.2 Å². The smallest absolute Gasteiger partial charge is 0.244 e. The van der Waals surface area contributed by atoms with Crippen molar-refractivity contribution in [2.75, 3.05) is 20.2 Å². The van der Waals surface area contributed by atoms with E-state index in [4.69, 9.17) is 33.7 Å². The number of sulfonamides is 1. The van der Waals surface area contributed by atoms with Crippen LogP contribution >= 0.6 is 23.2 Å². The van der Waals surface area contributed by atoms with E-state index in [-0.39, 0.29) is 21.0 Å². The topological polar surface area (TPSA) is 72.6 Å². The lowest BCUT2D eigenvalue weighted by Crippen LogP contribution is -2.32. The van der Waals surface area contributed by atoms with Gasteiger partial charge < -0.3 is 10.5 Å². The Kier molecular flexibility index (Phi) is 4.27. The Balaban J connectivity index is 2.44. The summed E-state index contributed by atoms with van der Waals surface area (Å²) >= 11 is 12.0. The Hall–Kier alpha value is -0.530. The maximum absolute atomic E-state index is 12.4. The molecule has 1 aromatic carbocycles. The highest BCUT2D eigenvalue weighted by atomic mass is 35.5. The quantitative estimate of drug-likeness (QED) is 0.918. The lowest BCUT2D eigenvalue weighted by Gasteiger charge is -2.17. The molecule has 0 bridgehead atoms. The number of halogens is 2. The normalized spacial score (nSPS) is 20.7. The first kappa shape index (κ1) is 14.9. The molecule has 1 atom stereocenters. The number of benzene rings is 1. The van der Waals surface area contributed by atoms with E-state index in [1.807, 2.05) is 0 Å². The summed E-state index contributed by atoms with van der Waals surface area (Å²) in [4.78, 5) is -0.0194. The van der Waals surface area contributed by atoms with E-state index in [2.05, 4.69) is 0 Å². The Morgan fingerprint density at radius 3 is 2.58 bits per heavy atom. The maximum Gasteiger partial charge on any atom is 0.244 e. The minimum absolute atomic E-state index is 0.0194. The van der Waals surface area contributed by atoms with Crippen LogP contribution in [0.4, 0.5) is 0 Å². The van der Waals surface area contributed by atoms with Gasteiger partial charge in [-0.2, -0.15) is 4.31 Å². The number of methoxy groups -OCH3 is 1. The van der Waals surface area contributed by atoms with E-state index in [1.54, 1.807) is 0 Å². The zero-order chi connectivity index (χ0) is 14.2. The van der Waals surface area contributed by atoms with E-state index < -0.39 is 10.0 Å². The molecule has 1 aliphatic rings. The minimum atomic E-state index is -3.67. The van der Waals surface area contributed by atoms with Crippen molar-refractivity contribution in [1.29, 1.82) is 0 Å². The second-order valence-corrected chi connectivity index (χ2v) is 7.05. The Morgan fingerprint density at radius 1 is 1.37 bits per heavy atom. The van der Waals surface area contributed by atoms with Gasteiger partial charge in [0, 0.05) is 25.2 Å². The summed E-state index contributed by atoms with van der Waals surface area (Å²) in [5, 5.41) is 0.288. The molecule has 1 aliphatic heterocycles. The van der Waals surface area contributed by atoms with Gasteiger partial charge >= 0.3 is 0 Å². The van der Waals surface area contributed by atoms with Crippen molar-refractivity contribution in [3.63, 3.8) is 0 Å². The van der Waals surface area contributed by atoms with E-state index in [0.717, 1.165) is 0 Å². The van der Waals surface area contributed by atoms with Crippen LogP contribution in [0.15, 0.2) is 17.0 Å². The SMILES string of the molecule is COc1cc(Cl)c(S(=O)(=O)N2CCC(N)C2)cc1Cl. The predicted octanol–water partition coefficient (Wildman–Crippen LogP) is 1.72. The van der Waals surface area contributed by atoms with Gasteiger partial charge in [0.05, 0.1) is 17.2 Å². The Morgan fingerprint density at radius 2 is 2.05 bits per heavy atom. The van der Waals surface area contributed by atoms with Gasteiger partial charge in [0.15, 0.2) is 0 Å². The zero-order valence-electron chi connectivity index (χ0n) is 10.3. The molecule has 2 N–H and O–H groups in total. The number of ether oxygens (including phenoxy) is 1. The van der Waals surface area contributed by atoms with Gasteiger partial charge in [0.2, 0.25) is 10.0 Å². The standard InChI is InChI=1S/C11H14Cl2N2O3S/c1-18-10-4-9(13)11(5-8(10)12)19(16,17)15-3-2-7(14)6-15/h4-5,7H,2-3,6,14H2,1H3. The van der Waals surface area contributed by atoms with Crippen molar-refractivity contribution in [3.05, 3.63) is 22.2 Å². The van der Waals surface area contributed by atoms with Crippen molar-refractivity contribution >= 4 is 33.2 Å². The largest absolute Gasteiger partial charge is 0.495 e. The van der Waals surface area contributed by atoms with E-state index in [0.29, 0.717) is 25.3 Å². The maximum atomic E-state index is 12.4. The predicted molar refractivity (Wildman–Crippen MR) is 74.4 cm³/mol. The molecule has 0 radical (unpaired) electrons. The second-order valence-electron chi connectivity index (χ2n) is 4.33. The fraction of sp³-hybridized carbons (Fsp3) is 0.455. The van der Waals surface area contributed by atoms with Gasteiger partial charge in [0.1, 0.15) is 10.6 Å². The molecule has 0 aliphatic carbocycles. The number of nitrogens with zero attached hydrogens (tertiary/aromatic N) is 1. The molecule has 2 rings (SSSR count). The number of hydrogen-bond donors (Lipinski definition) is 1. The molecule has 0 saturated carbocycles. The van der Waals surface area contributed by atoms with Crippen molar-refractivity contribution in [2.45, 2.75) is 17.4 Å². The molecule has 1 aromatic rings. The molecular weight excluding hydrogens is 311 g/mol. The number of hydrogen-bond acceptors (Lipinski definition) is 4. The molecule has 8 heteroatoms. The van der Waals surface area contributed by atoms with Crippen molar-refractivity contribution in [1.82, 2.24) is 4.31 Å². The molecule has 106 valence electrons. The molecule has 1 saturated heterocycles. The lowest BCUT2D eigenvalue weighted by atomic mass is 10.3. The average Bonchev–Trinajstić information content (AvgIpc) is 2.79. The summed E-state index contributed by atoms with van der Waals surface area (Å²) < 4.78 is 31.2. The van der Waals surface area contributed by atoms with Gasteiger partial charge in [-0.3, -0.25) is 0 Å². The Bertz CT molecular complexity index is 592. The summed E-state index contributed by atoms with van der Waals surface area (Å²) in [6.45, 7) is 0.686. The van der Waals surface area contributed by atoms with Gasteiger partial charge in [-0.15, -0.1) is 0 Å². The van der Waals surface area contributed by atoms with Gasteiger partial charge in [-0.05, 0) is 12.5 Å². The third kappa shape index (κ3) is 2.83. The van der Waals surface area contributed by atoms with Gasteiger partial charge in [0.25, 0.3) is 0 Å². The van der Waals surface area contributed by atoms with Crippen LogP contribution < -0.4 is 10.5 Å². The van der Waals surface area contributed by atoms with E-state index in [1.165, 1.54) is 23.5 Å². The molecule has 19 heavy (non-hydrogen) atoms. The zero-order valence-corrected chi connectivity index (χ0v) is 12.6. The fourth-order valence-corrected chi connectivity index (χ4v) is 4.31. The van der Waals surface area contributed by atoms with Crippen LogP contribution in [-0.4, -0.2) is 39.0 Å². The van der Waals surface area contributed by atoms with Crippen molar-refractivity contribution in [3.8, 4) is 5.75 Å². The molecule has 0 amide bonds. The molecule has 1 heterocycles. The highest BCUT2D eigenvalue weighted by Gasteiger charge is 2.32. The first-order chi connectivity index (χ1) is 8.86. The second kappa shape index (κ2) is 5.46. The summed E-state index contributed by atoms with van der Waals surface area (Å²) in [7, 11) is -2.23. The minimum Gasteiger partial charge on any atom is -0.495 e. The number of nitrogens with two attached hydrogens (primary N) is 1. The van der Waals surface area contributed by atoms with Crippen LogP contribution in [0.3, 0.4) is 0 Å². The summed E-state index contributed by atoms with van der Waals surface area (Å²) in [5.74, 6) is 0.337. The monoisotopic (exact) mass is 324 g/mol. The molecule has 5 nitrogen and oxygen atoms in total. The molecule has 0 aromatic heterocycles. The van der Waals surface area contributed by atoms with Crippen LogP contribution in [0.2, 0.25) is 10.0 Å². The van der Waals surface area contributed by atoms with Crippen LogP contribution in [0.5, 0.6) is 5.75 Å². The summed E-state index contributed by atoms with van der Waals surface area (Å²) in [5.41, 5.74) is 5.73. The molecule has 0 spiro atoms. The van der Waals surface area contributed by atoms with Gasteiger partial charge in [-0.1, -0.05) is 23.2 Å². The molecular formula is C11H14Cl2N2O3S. The van der Waals surface area contributed by atoms with Crippen molar-refractivity contribution in [2.24, 2.45) is 5.73 Å². The van der Waals surface area contributed by atoms with Gasteiger partial charge in [-0.25, -0.2) is 8.42 Å². The first-order valence-electron chi connectivity index (χ1n) is 5.65. The van der Waals surface area contributed by atoms with E-state index in [9.17, 15) is 8.42 Å². The lowest BCUT2D eigenvalue weighted by molar-refractivity contribution is 0.414. The highest BCUT2D eigenvalue weighted by molar-refractivity contribution is 7.89. The van der Waals surface area contributed by atoms with E-state index >= 15 is 0 Å². The molecule has 1 fully saturated rings. The molecule has 1 unspecified atom stereocenters. The average molecular weight is 325 g/mol. The summed E-state index contributed by atoms with van der Waals surface area (Å²) in [6.07, 6.45) is 0.640. The fourth-order valence-electron chi connectivity index (χ4n) is 1.98. The third-order valence-electron chi connectivity index (χ3n) is 3.01. The Labute approximate surface area is 122 Å². The highest BCUT2D eigenvalue weighted by Crippen LogP contribution is 2.35. The summed E-state index contributed by atoms with van der Waals surface area (Å²) in [6, 6.07) is 2.57. The van der Waals surface area contributed by atoms with Crippen LogP contribution in [0.1, 0.15) is 6.42 Å². The third-order valence-corrected chi connectivity index (χ3v) is 5.64. The van der Waals surface area contributed by atoms with Crippen LogP contribution in [0.25, 0.3) is 0 Å². The number of rotatable bonds is 3.